The van der Waals surface area contributed by atoms with Crippen LogP contribution in [0.15, 0.2) is 130 Å². The fourth-order valence-corrected chi connectivity index (χ4v) is 8.06. The van der Waals surface area contributed by atoms with E-state index in [1.165, 1.54) is 0 Å². The van der Waals surface area contributed by atoms with Crippen molar-refractivity contribution < 1.29 is 52.0 Å². The summed E-state index contributed by atoms with van der Waals surface area (Å²) in [7, 11) is 16.0. The molecule has 4 aromatic carbocycles. The van der Waals surface area contributed by atoms with E-state index >= 15 is 0 Å². The standard InChI is InChI=1S/C28H26N3O5.C27H25N3O2.C3H5N.2CO2/c1-29(2)19-9-11-21-23(15-19)35-24-16-20(30(3)4)10-12-22(24)27(21)17-5-7-18(8-6-17)28(34)36-31-25(32)13-14-26(31)33;1-6-15-28-27(31)19-9-7-18(8-10-19)26-22-13-11-20(29(2)3)16-24(22)32-25-17-21(30(4)5)12-14-23(25)26;1-2-3-4;2*2-1-3/h5-12,15-16H,13-14H2,1-4H3;1,7-14,16-17H,15H2,2-5H3;1H,3-4H2;;/q+1;;;;/p+1. The number of hydrogen-bond donors (Lipinski definition) is 2. The zero-order valence-electron chi connectivity index (χ0n) is 44.3. The molecule has 3 amide bonds. The van der Waals surface area contributed by atoms with Crippen LogP contribution in [0.3, 0.4) is 0 Å². The average molecular weight is 1050 g/mol. The van der Waals surface area contributed by atoms with E-state index in [1.54, 1.807) is 12.1 Å². The molecule has 3 aliphatic heterocycles. The molecule has 5 aliphatic rings. The Morgan fingerprint density at radius 2 is 1.01 bits per heavy atom. The summed E-state index contributed by atoms with van der Waals surface area (Å²) in [5, 5.41) is 7.30. The molecular weight excluding hydrogens is 995 g/mol. The molecule has 2 aliphatic carbocycles. The molecule has 3 heterocycles. The Balaban J connectivity index is 0.000000247. The van der Waals surface area contributed by atoms with Gasteiger partial charge in [-0.05, 0) is 71.8 Å². The fourth-order valence-electron chi connectivity index (χ4n) is 8.06. The number of anilines is 2. The van der Waals surface area contributed by atoms with Gasteiger partial charge in [-0.2, -0.15) is 19.2 Å². The van der Waals surface area contributed by atoms with Gasteiger partial charge in [0.2, 0.25) is 10.7 Å². The van der Waals surface area contributed by atoms with Crippen LogP contribution in [0.25, 0.3) is 66.8 Å². The minimum Gasteiger partial charge on any atom is -0.456 e. The second-order valence-electron chi connectivity index (χ2n) is 17.8. The third kappa shape index (κ3) is 14.1. The van der Waals surface area contributed by atoms with Crippen LogP contribution in [0.2, 0.25) is 0 Å². The van der Waals surface area contributed by atoms with Crippen molar-refractivity contribution in [1.82, 2.24) is 19.5 Å². The molecule has 9 rings (SSSR count). The van der Waals surface area contributed by atoms with Gasteiger partial charge in [0, 0.05) is 115 Å². The van der Waals surface area contributed by atoms with Crippen molar-refractivity contribution in [2.75, 3.05) is 79.3 Å². The zero-order chi connectivity index (χ0) is 57.2. The number of amides is 3. The monoisotopic (exact) mass is 1050 g/mol. The Morgan fingerprint density at radius 1 is 0.615 bits per heavy atom. The Kier molecular flexibility index (Phi) is 20.6. The molecule has 0 unspecified atom stereocenters. The zero-order valence-corrected chi connectivity index (χ0v) is 44.3. The first-order valence-electron chi connectivity index (χ1n) is 23.9. The lowest BCUT2D eigenvalue weighted by Gasteiger charge is -2.18. The van der Waals surface area contributed by atoms with Crippen molar-refractivity contribution >= 4 is 69.3 Å². The van der Waals surface area contributed by atoms with Crippen LogP contribution in [-0.2, 0) is 33.6 Å². The van der Waals surface area contributed by atoms with Gasteiger partial charge in [0.05, 0.1) is 30.8 Å². The van der Waals surface area contributed by atoms with Gasteiger partial charge in [-0.15, -0.1) is 17.9 Å². The minimum atomic E-state index is -0.755. The summed E-state index contributed by atoms with van der Waals surface area (Å²) in [6, 6.07) is 39.2. The lowest BCUT2D eigenvalue weighted by molar-refractivity contribution is -0.193. The second kappa shape index (κ2) is 27.4. The third-order valence-electron chi connectivity index (χ3n) is 11.9. The molecule has 3 N–H and O–H groups in total. The average Bonchev–Trinajstić information content (AvgIpc) is 3.85. The Morgan fingerprint density at radius 3 is 1.37 bits per heavy atom. The molecule has 0 aromatic heterocycles. The molecule has 0 spiro atoms. The van der Waals surface area contributed by atoms with Gasteiger partial charge in [0.25, 0.3) is 17.7 Å². The van der Waals surface area contributed by atoms with Crippen molar-refractivity contribution in [2.24, 2.45) is 5.73 Å². The van der Waals surface area contributed by atoms with Crippen LogP contribution < -0.4 is 40.7 Å². The number of carbonyl (C=O) groups is 4. The summed E-state index contributed by atoms with van der Waals surface area (Å²) in [6.07, 6.45) is 10.5. The SMILES string of the molecule is C#CCN.C#CCNC(=O)c1ccc(-c2c3ccc(=[N+](C)C)cc-3oc3cc(N(C)C)ccc23)cc1.CN(C)c1ccc2c(-c3ccc(C(=O)ON4C(=O)CCC4=O)cc3)c3ccc(=[N+](C)C)cc-3oc2c1.O=C=O.O=C=O. The summed E-state index contributed by atoms with van der Waals surface area (Å²) >= 11 is 0. The topological polar surface area (TPSA) is 226 Å². The molecule has 396 valence electrons. The number of terminal acetylenes is 2. The van der Waals surface area contributed by atoms with Crippen molar-refractivity contribution in [2.45, 2.75) is 12.8 Å². The van der Waals surface area contributed by atoms with Crippen LogP contribution in [0.4, 0.5) is 11.4 Å². The highest BCUT2D eigenvalue weighted by Gasteiger charge is 2.33. The van der Waals surface area contributed by atoms with Gasteiger partial charge in [-0.1, -0.05) is 36.1 Å². The third-order valence-corrected chi connectivity index (χ3v) is 11.9. The molecular formula is C60H57N7O11+2. The lowest BCUT2D eigenvalue weighted by Crippen LogP contribution is -2.32. The van der Waals surface area contributed by atoms with E-state index in [1.807, 2.05) is 139 Å². The van der Waals surface area contributed by atoms with Crippen molar-refractivity contribution in [1.29, 1.82) is 0 Å². The van der Waals surface area contributed by atoms with Crippen molar-refractivity contribution in [3.8, 4) is 69.6 Å². The highest BCUT2D eigenvalue weighted by molar-refractivity contribution is 6.06. The molecule has 1 saturated heterocycles. The molecule has 0 saturated carbocycles. The van der Waals surface area contributed by atoms with Gasteiger partial charge in [0.1, 0.15) is 50.9 Å². The number of nitrogens with zero attached hydrogens (tertiary/aromatic N) is 5. The van der Waals surface area contributed by atoms with Crippen LogP contribution >= 0.6 is 0 Å². The largest absolute Gasteiger partial charge is 0.456 e. The van der Waals surface area contributed by atoms with E-state index < -0.39 is 17.8 Å². The number of rotatable bonds is 8. The minimum absolute atomic E-state index is 0.0509. The van der Waals surface area contributed by atoms with Gasteiger partial charge in [-0.3, -0.25) is 14.4 Å². The Labute approximate surface area is 449 Å². The van der Waals surface area contributed by atoms with Gasteiger partial charge in [0.15, 0.2) is 0 Å². The highest BCUT2D eigenvalue weighted by atomic mass is 16.7. The maximum absolute atomic E-state index is 12.6. The number of nitrogens with two attached hydrogens (primary N) is 1. The molecule has 0 atom stereocenters. The normalized spacial score (nSPS) is 11.1. The van der Waals surface area contributed by atoms with Crippen LogP contribution in [0.1, 0.15) is 33.6 Å². The van der Waals surface area contributed by atoms with Crippen molar-refractivity contribution in [3.63, 3.8) is 0 Å². The number of nitrogens with one attached hydrogen (secondary N) is 1. The highest BCUT2D eigenvalue weighted by Crippen LogP contribution is 2.42. The maximum Gasteiger partial charge on any atom is 0.373 e. The van der Waals surface area contributed by atoms with Crippen LogP contribution in [0.5, 0.6) is 0 Å². The van der Waals surface area contributed by atoms with Gasteiger partial charge in [-0.25, -0.2) is 13.9 Å². The number of hydrogen-bond acceptors (Lipinski definition) is 14. The number of benzene rings is 6. The van der Waals surface area contributed by atoms with E-state index in [4.69, 9.17) is 45.0 Å². The molecule has 4 aromatic rings. The van der Waals surface area contributed by atoms with Crippen molar-refractivity contribution in [3.05, 3.63) is 143 Å². The van der Waals surface area contributed by atoms with Gasteiger partial charge < -0.3 is 34.5 Å². The van der Waals surface area contributed by atoms with E-state index in [0.29, 0.717) is 17.2 Å². The predicted octanol–water partition coefficient (Wildman–Crippen LogP) is 5.60. The lowest BCUT2D eigenvalue weighted by atomic mass is 9.93. The number of carbonyl (C=O) groups excluding carboxylic acids is 8. The second-order valence-corrected chi connectivity index (χ2v) is 17.8. The summed E-state index contributed by atoms with van der Waals surface area (Å²) in [5.41, 5.74) is 15.2. The number of hydroxylamine groups is 2. The fraction of sp³-hybridized carbons (Fsp3) is 0.200. The Hall–Kier alpha value is -10.2. The number of fused-ring (bicyclic) bond motifs is 4. The smallest absolute Gasteiger partial charge is 0.373 e. The number of imide groups is 1. The summed E-state index contributed by atoms with van der Waals surface area (Å²) < 4.78 is 16.8. The van der Waals surface area contributed by atoms with Crippen LogP contribution in [0, 0.1) is 24.7 Å². The molecule has 1 fully saturated rings. The molecule has 78 heavy (non-hydrogen) atoms. The van der Waals surface area contributed by atoms with E-state index in [0.717, 1.165) is 88.9 Å². The van der Waals surface area contributed by atoms with E-state index in [9.17, 15) is 19.2 Å². The van der Waals surface area contributed by atoms with E-state index in [2.05, 4.69) is 69.5 Å². The van der Waals surface area contributed by atoms with E-state index in [-0.39, 0.29) is 43.2 Å². The summed E-state index contributed by atoms with van der Waals surface area (Å²) in [4.78, 5) is 90.0. The van der Waals surface area contributed by atoms with Gasteiger partial charge >= 0.3 is 18.3 Å². The summed E-state index contributed by atoms with van der Waals surface area (Å²) in [6.45, 7) is 0.554. The summed E-state index contributed by atoms with van der Waals surface area (Å²) in [5.74, 6) is 4.23. The van der Waals surface area contributed by atoms with Crippen LogP contribution in [-0.4, -0.2) is 111 Å². The first-order valence-corrected chi connectivity index (χ1v) is 23.9. The quantitative estimate of drug-likeness (QED) is 0.0818. The first kappa shape index (κ1) is 58.7. The maximum atomic E-state index is 12.6. The predicted molar refractivity (Wildman–Crippen MR) is 295 cm³/mol. The molecule has 0 radical (unpaired) electrons. The molecule has 18 heteroatoms. The molecule has 18 nitrogen and oxygen atoms in total. The molecule has 0 bridgehead atoms. The Bertz CT molecular complexity index is 3720. The first-order chi connectivity index (χ1) is 37.4.